The van der Waals surface area contributed by atoms with Crippen LogP contribution in [0.3, 0.4) is 0 Å². The number of fused-ring (bicyclic) bond motifs is 2. The van der Waals surface area contributed by atoms with Gasteiger partial charge in [0.15, 0.2) is 5.13 Å². The molecule has 0 bridgehead atoms. The molecule has 1 aromatic heterocycles. The summed E-state index contributed by atoms with van der Waals surface area (Å²) in [6, 6.07) is 23.1. The molecule has 8 heteroatoms. The lowest BCUT2D eigenvalue weighted by Gasteiger charge is -2.22. The molecule has 5 rings (SSSR count). The Balaban J connectivity index is 1.50. The minimum absolute atomic E-state index is 0.136. The van der Waals surface area contributed by atoms with E-state index in [1.165, 1.54) is 21.9 Å². The van der Waals surface area contributed by atoms with Crippen molar-refractivity contribution in [2.75, 3.05) is 22.0 Å². The van der Waals surface area contributed by atoms with Crippen LogP contribution in [0.25, 0.3) is 10.2 Å². The summed E-state index contributed by atoms with van der Waals surface area (Å²) in [6.07, 6.45) is 2.50. The molecule has 174 valence electrons. The first-order valence-corrected chi connectivity index (χ1v) is 13.8. The number of anilines is 2. The van der Waals surface area contributed by atoms with Crippen LogP contribution in [0.2, 0.25) is 0 Å². The molecule has 34 heavy (non-hydrogen) atoms. The normalized spacial score (nSPS) is 15.5. The molecule has 0 radical (unpaired) electrons. The number of carbonyl (C=O) groups excluding carboxylic acids is 1. The highest BCUT2D eigenvalue weighted by atomic mass is 32.2. The van der Waals surface area contributed by atoms with E-state index in [2.05, 4.69) is 12.1 Å². The van der Waals surface area contributed by atoms with Crippen LogP contribution in [-0.4, -0.2) is 38.2 Å². The van der Waals surface area contributed by atoms with Gasteiger partial charge in [-0.05, 0) is 61.2 Å². The summed E-state index contributed by atoms with van der Waals surface area (Å²) in [5, 5.41) is 0.661. The first-order chi connectivity index (χ1) is 16.3. The summed E-state index contributed by atoms with van der Waals surface area (Å²) in [5.74, 6) is -0.136. The Morgan fingerprint density at radius 1 is 1.09 bits per heavy atom. The van der Waals surface area contributed by atoms with Gasteiger partial charge in [0.05, 0.1) is 22.2 Å². The van der Waals surface area contributed by atoms with Crippen LogP contribution in [0.15, 0.2) is 72.8 Å². The number of aromatic nitrogens is 1. The molecule has 1 aliphatic heterocycles. The molecule has 1 amide bonds. The Morgan fingerprint density at radius 2 is 1.82 bits per heavy atom. The molecule has 0 spiro atoms. The number of benzene rings is 3. The number of sulfonamides is 1. The zero-order chi connectivity index (χ0) is 23.9. The average Bonchev–Trinajstić information content (AvgIpc) is 3.39. The third-order valence-electron chi connectivity index (χ3n) is 6.06. The van der Waals surface area contributed by atoms with E-state index in [1.807, 2.05) is 55.5 Å². The molecule has 0 saturated heterocycles. The molecular weight excluding hydrogens is 466 g/mol. The maximum Gasteiger partial charge on any atom is 0.260 e. The van der Waals surface area contributed by atoms with Gasteiger partial charge in [0.25, 0.3) is 5.91 Å². The van der Waals surface area contributed by atoms with Crippen molar-refractivity contribution in [2.45, 2.75) is 25.8 Å². The molecule has 0 fully saturated rings. The van der Waals surface area contributed by atoms with Crippen LogP contribution < -0.4 is 9.21 Å². The van der Waals surface area contributed by atoms with Crippen molar-refractivity contribution in [1.82, 2.24) is 4.98 Å². The number of para-hydroxylation sites is 1. The summed E-state index contributed by atoms with van der Waals surface area (Å²) in [7, 11) is -3.38. The van der Waals surface area contributed by atoms with Gasteiger partial charge in [0.1, 0.15) is 0 Å². The minimum atomic E-state index is -3.38. The second kappa shape index (κ2) is 8.85. The average molecular weight is 492 g/mol. The van der Waals surface area contributed by atoms with Gasteiger partial charge < -0.3 is 0 Å². The summed E-state index contributed by atoms with van der Waals surface area (Å²) >= 11 is 1.50. The zero-order valence-electron chi connectivity index (χ0n) is 19.0. The van der Waals surface area contributed by atoms with Crippen LogP contribution >= 0.6 is 11.3 Å². The Kier molecular flexibility index (Phi) is 5.87. The van der Waals surface area contributed by atoms with Gasteiger partial charge in [0, 0.05) is 18.2 Å². The number of hydrogen-bond acceptors (Lipinski definition) is 5. The SMILES string of the molecule is CC1Cc2cc(C(=O)N(CCc3ccccc3)c3nc4ccccc4s3)ccc2N1S(C)(=O)=O. The molecule has 3 aromatic carbocycles. The van der Waals surface area contributed by atoms with E-state index in [0.717, 1.165) is 21.3 Å². The maximum absolute atomic E-state index is 13.8. The monoisotopic (exact) mass is 491 g/mol. The fraction of sp³-hybridized carbons (Fsp3) is 0.231. The Labute approximate surface area is 203 Å². The predicted octanol–water partition coefficient (Wildman–Crippen LogP) is 4.90. The summed E-state index contributed by atoms with van der Waals surface area (Å²) < 4.78 is 27.0. The highest BCUT2D eigenvalue weighted by molar-refractivity contribution is 7.92. The maximum atomic E-state index is 13.8. The van der Waals surface area contributed by atoms with Crippen molar-refractivity contribution < 1.29 is 13.2 Å². The molecule has 6 nitrogen and oxygen atoms in total. The van der Waals surface area contributed by atoms with Crippen LogP contribution in [0.1, 0.15) is 28.4 Å². The highest BCUT2D eigenvalue weighted by Crippen LogP contribution is 2.36. The number of hydrogen-bond donors (Lipinski definition) is 0. The van der Waals surface area contributed by atoms with Crippen molar-refractivity contribution in [1.29, 1.82) is 0 Å². The van der Waals surface area contributed by atoms with Gasteiger partial charge >= 0.3 is 0 Å². The van der Waals surface area contributed by atoms with Gasteiger partial charge in [-0.15, -0.1) is 0 Å². The first-order valence-electron chi connectivity index (χ1n) is 11.1. The van der Waals surface area contributed by atoms with Gasteiger partial charge in [-0.25, -0.2) is 13.4 Å². The van der Waals surface area contributed by atoms with Crippen LogP contribution in [0.5, 0.6) is 0 Å². The quantitative estimate of drug-likeness (QED) is 0.385. The number of carbonyl (C=O) groups is 1. The molecule has 1 aliphatic rings. The van der Waals surface area contributed by atoms with E-state index >= 15 is 0 Å². The van der Waals surface area contributed by atoms with Crippen LogP contribution in [0, 0.1) is 0 Å². The largest absolute Gasteiger partial charge is 0.284 e. The standard InChI is InChI=1S/C26H25N3O3S2/c1-18-16-21-17-20(12-13-23(21)29(18)34(2,31)32)25(30)28(15-14-19-8-4-3-5-9-19)26-27-22-10-6-7-11-24(22)33-26/h3-13,17-18H,14-16H2,1-2H3. The zero-order valence-corrected chi connectivity index (χ0v) is 20.6. The molecule has 0 N–H and O–H groups in total. The van der Waals surface area contributed by atoms with E-state index in [9.17, 15) is 13.2 Å². The van der Waals surface area contributed by atoms with Gasteiger partial charge in [-0.1, -0.05) is 53.8 Å². The third-order valence-corrected chi connectivity index (χ3v) is 8.39. The molecule has 2 heterocycles. The summed E-state index contributed by atoms with van der Waals surface area (Å²) in [5.41, 5.74) is 4.08. The smallest absolute Gasteiger partial charge is 0.260 e. The van der Waals surface area contributed by atoms with Gasteiger partial charge in [-0.3, -0.25) is 14.0 Å². The number of nitrogens with zero attached hydrogens (tertiary/aromatic N) is 3. The van der Waals surface area contributed by atoms with Gasteiger partial charge in [0.2, 0.25) is 10.0 Å². The van der Waals surface area contributed by atoms with Crippen molar-refractivity contribution in [3.63, 3.8) is 0 Å². The molecule has 1 atom stereocenters. The molecule has 4 aromatic rings. The predicted molar refractivity (Wildman–Crippen MR) is 138 cm³/mol. The lowest BCUT2D eigenvalue weighted by Crippen LogP contribution is -2.34. The molecule has 0 aliphatic carbocycles. The lowest BCUT2D eigenvalue weighted by molar-refractivity contribution is 0.0987. The highest BCUT2D eigenvalue weighted by Gasteiger charge is 2.33. The van der Waals surface area contributed by atoms with E-state index in [0.29, 0.717) is 35.8 Å². The number of amides is 1. The van der Waals surface area contributed by atoms with E-state index in [-0.39, 0.29) is 11.9 Å². The summed E-state index contributed by atoms with van der Waals surface area (Å²) in [6.45, 7) is 2.38. The van der Waals surface area contributed by atoms with Crippen molar-refractivity contribution in [3.05, 3.63) is 89.5 Å². The molecule has 1 unspecified atom stereocenters. The van der Waals surface area contributed by atoms with Crippen molar-refractivity contribution in [3.8, 4) is 0 Å². The third kappa shape index (κ3) is 4.31. The molecule has 0 saturated carbocycles. The lowest BCUT2D eigenvalue weighted by atomic mass is 10.1. The Hall–Kier alpha value is -3.23. The fourth-order valence-electron chi connectivity index (χ4n) is 4.54. The fourth-order valence-corrected chi connectivity index (χ4v) is 6.80. The number of rotatable bonds is 6. The Bertz CT molecular complexity index is 1430. The van der Waals surface area contributed by atoms with Gasteiger partial charge in [-0.2, -0.15) is 0 Å². The topological polar surface area (TPSA) is 70.6 Å². The summed E-state index contributed by atoms with van der Waals surface area (Å²) in [4.78, 5) is 20.2. The second-order valence-electron chi connectivity index (χ2n) is 8.61. The Morgan fingerprint density at radius 3 is 2.56 bits per heavy atom. The first kappa shape index (κ1) is 22.6. The molecular formula is C26H25N3O3S2. The van der Waals surface area contributed by atoms with Crippen molar-refractivity contribution in [2.24, 2.45) is 0 Å². The minimum Gasteiger partial charge on any atom is -0.284 e. The number of thiazole rings is 1. The van der Waals surface area contributed by atoms with Crippen LogP contribution in [-0.2, 0) is 22.9 Å². The van der Waals surface area contributed by atoms with E-state index in [1.54, 1.807) is 17.0 Å². The second-order valence-corrected chi connectivity index (χ2v) is 11.5. The van der Waals surface area contributed by atoms with E-state index < -0.39 is 10.0 Å². The van der Waals surface area contributed by atoms with Crippen LogP contribution in [0.4, 0.5) is 10.8 Å². The van der Waals surface area contributed by atoms with Crippen molar-refractivity contribution >= 4 is 48.3 Å². The van der Waals surface area contributed by atoms with E-state index in [4.69, 9.17) is 4.98 Å².